The van der Waals surface area contributed by atoms with Gasteiger partial charge in [-0.3, -0.25) is 9.59 Å². The van der Waals surface area contributed by atoms with E-state index in [0.29, 0.717) is 16.9 Å². The van der Waals surface area contributed by atoms with E-state index in [1.54, 1.807) is 36.4 Å². The fourth-order valence-corrected chi connectivity index (χ4v) is 2.99. The summed E-state index contributed by atoms with van der Waals surface area (Å²) in [7, 11) is 0. The summed E-state index contributed by atoms with van der Waals surface area (Å²) in [5, 5.41) is 16.3. The molecule has 0 saturated heterocycles. The highest BCUT2D eigenvalue weighted by molar-refractivity contribution is 6.12. The zero-order chi connectivity index (χ0) is 22.6. The fraction of sp³-hybridized carbons (Fsp3) is 0.160. The number of rotatable bonds is 5. The quantitative estimate of drug-likeness (QED) is 0.661. The third kappa shape index (κ3) is 5.36. The van der Waals surface area contributed by atoms with Crippen LogP contribution in [-0.2, 0) is 5.41 Å². The number of aromatic carboxylic acids is 1. The molecule has 0 spiro atoms. The first-order valence-corrected chi connectivity index (χ1v) is 9.79. The molecule has 0 aliphatic heterocycles. The van der Waals surface area contributed by atoms with Gasteiger partial charge in [0.1, 0.15) is 0 Å². The van der Waals surface area contributed by atoms with Crippen LogP contribution >= 0.6 is 0 Å². The van der Waals surface area contributed by atoms with E-state index in [-0.39, 0.29) is 22.4 Å². The molecule has 0 fully saturated rings. The van der Waals surface area contributed by atoms with Crippen molar-refractivity contribution in [2.24, 2.45) is 0 Å². The van der Waals surface area contributed by atoms with Gasteiger partial charge in [0, 0.05) is 11.3 Å². The SMILES string of the molecule is CC(C)(C)c1ccc(C(=O)Nc2ccccc2C(=O)Nc2ccc(C(=O)[O-])cc2)cc1. The topological polar surface area (TPSA) is 98.3 Å². The van der Waals surface area contributed by atoms with Crippen molar-refractivity contribution in [3.05, 3.63) is 95.1 Å². The number of carboxylic acids is 1. The van der Waals surface area contributed by atoms with Crippen LogP contribution in [0.3, 0.4) is 0 Å². The van der Waals surface area contributed by atoms with Crippen LogP contribution in [0.4, 0.5) is 11.4 Å². The van der Waals surface area contributed by atoms with Gasteiger partial charge in [0.2, 0.25) is 0 Å². The standard InChI is InChI=1S/C25H24N2O4/c1-25(2,3)18-12-8-16(9-13-18)22(28)27-21-7-5-4-6-20(21)23(29)26-19-14-10-17(11-15-19)24(30)31/h4-15H,1-3H3,(H,26,29)(H,27,28)(H,30,31)/p-1. The molecule has 0 heterocycles. The number of nitrogens with one attached hydrogen (secondary N) is 2. The van der Waals surface area contributed by atoms with Crippen LogP contribution in [0.5, 0.6) is 0 Å². The molecule has 0 aliphatic carbocycles. The van der Waals surface area contributed by atoms with Crippen molar-refractivity contribution in [1.82, 2.24) is 0 Å². The molecular weight excluding hydrogens is 392 g/mol. The molecule has 2 N–H and O–H groups in total. The van der Waals surface area contributed by atoms with Gasteiger partial charge in [-0.15, -0.1) is 0 Å². The van der Waals surface area contributed by atoms with Crippen molar-refractivity contribution in [3.63, 3.8) is 0 Å². The summed E-state index contributed by atoms with van der Waals surface area (Å²) in [4.78, 5) is 36.3. The second kappa shape index (κ2) is 8.83. The highest BCUT2D eigenvalue weighted by atomic mass is 16.4. The molecule has 3 aromatic carbocycles. The summed E-state index contributed by atoms with van der Waals surface area (Å²) in [5.41, 5.74) is 2.69. The number of para-hydroxylation sites is 1. The molecule has 0 atom stereocenters. The van der Waals surface area contributed by atoms with E-state index < -0.39 is 11.9 Å². The predicted molar refractivity (Wildman–Crippen MR) is 118 cm³/mol. The van der Waals surface area contributed by atoms with E-state index >= 15 is 0 Å². The minimum Gasteiger partial charge on any atom is -0.545 e. The molecule has 3 aromatic rings. The van der Waals surface area contributed by atoms with Gasteiger partial charge in [0.25, 0.3) is 11.8 Å². The second-order valence-electron chi connectivity index (χ2n) is 8.15. The number of hydrogen-bond donors (Lipinski definition) is 2. The molecule has 31 heavy (non-hydrogen) atoms. The zero-order valence-corrected chi connectivity index (χ0v) is 17.6. The number of hydrogen-bond acceptors (Lipinski definition) is 4. The minimum absolute atomic E-state index is 0.0150. The van der Waals surface area contributed by atoms with Crippen LogP contribution in [-0.4, -0.2) is 17.8 Å². The number of benzene rings is 3. The first kappa shape index (κ1) is 21.8. The van der Waals surface area contributed by atoms with E-state index in [1.165, 1.54) is 24.3 Å². The summed E-state index contributed by atoms with van der Waals surface area (Å²) in [6.45, 7) is 6.30. The number of carbonyl (C=O) groups is 3. The van der Waals surface area contributed by atoms with E-state index in [2.05, 4.69) is 31.4 Å². The van der Waals surface area contributed by atoms with Gasteiger partial charge in [0.15, 0.2) is 0 Å². The van der Waals surface area contributed by atoms with Gasteiger partial charge in [-0.1, -0.05) is 57.2 Å². The number of carboxylic acid groups (broad SMARTS) is 1. The maximum atomic E-state index is 12.7. The maximum Gasteiger partial charge on any atom is 0.257 e. The van der Waals surface area contributed by atoms with Gasteiger partial charge < -0.3 is 20.5 Å². The fourth-order valence-electron chi connectivity index (χ4n) is 2.99. The highest BCUT2D eigenvalue weighted by Gasteiger charge is 2.16. The third-order valence-electron chi connectivity index (χ3n) is 4.81. The number of anilines is 2. The third-order valence-corrected chi connectivity index (χ3v) is 4.81. The van der Waals surface area contributed by atoms with Gasteiger partial charge in [-0.05, 0) is 52.9 Å². The Morgan fingerprint density at radius 2 is 1.29 bits per heavy atom. The smallest absolute Gasteiger partial charge is 0.257 e. The van der Waals surface area contributed by atoms with Crippen LogP contribution in [0, 0.1) is 0 Å². The minimum atomic E-state index is -1.29. The molecule has 0 unspecified atom stereocenters. The van der Waals surface area contributed by atoms with Gasteiger partial charge in [0.05, 0.1) is 17.2 Å². The maximum absolute atomic E-state index is 12.7. The van der Waals surface area contributed by atoms with Gasteiger partial charge >= 0.3 is 0 Å². The van der Waals surface area contributed by atoms with E-state index in [9.17, 15) is 19.5 Å². The Hall–Kier alpha value is -3.93. The Balaban J connectivity index is 1.75. The average molecular weight is 415 g/mol. The largest absolute Gasteiger partial charge is 0.545 e. The Kier molecular flexibility index (Phi) is 6.20. The van der Waals surface area contributed by atoms with Crippen LogP contribution < -0.4 is 15.7 Å². The van der Waals surface area contributed by atoms with Gasteiger partial charge in [-0.25, -0.2) is 0 Å². The molecule has 0 aliphatic rings. The average Bonchev–Trinajstić information content (AvgIpc) is 2.74. The Morgan fingerprint density at radius 3 is 1.87 bits per heavy atom. The molecule has 6 heteroatoms. The van der Waals surface area contributed by atoms with E-state index in [0.717, 1.165) is 5.56 Å². The van der Waals surface area contributed by atoms with Crippen molar-refractivity contribution in [2.45, 2.75) is 26.2 Å². The zero-order valence-electron chi connectivity index (χ0n) is 17.6. The molecule has 0 aromatic heterocycles. The molecule has 0 radical (unpaired) electrons. The van der Waals surface area contributed by atoms with Crippen molar-refractivity contribution in [2.75, 3.05) is 10.6 Å². The van der Waals surface area contributed by atoms with Crippen LogP contribution in [0.15, 0.2) is 72.8 Å². The lowest BCUT2D eigenvalue weighted by molar-refractivity contribution is -0.255. The lowest BCUT2D eigenvalue weighted by atomic mass is 9.86. The van der Waals surface area contributed by atoms with Crippen molar-refractivity contribution < 1.29 is 19.5 Å². The molecule has 158 valence electrons. The van der Waals surface area contributed by atoms with Crippen LogP contribution in [0.25, 0.3) is 0 Å². The summed E-state index contributed by atoms with van der Waals surface area (Å²) in [6, 6.07) is 19.7. The van der Waals surface area contributed by atoms with Gasteiger partial charge in [-0.2, -0.15) is 0 Å². The van der Waals surface area contributed by atoms with Crippen LogP contribution in [0.2, 0.25) is 0 Å². The Morgan fingerprint density at radius 1 is 0.710 bits per heavy atom. The monoisotopic (exact) mass is 415 g/mol. The predicted octanol–water partition coefficient (Wildman–Crippen LogP) is 3.85. The molecule has 3 rings (SSSR count). The summed E-state index contributed by atoms with van der Waals surface area (Å²) in [6.07, 6.45) is 0. The molecule has 0 saturated carbocycles. The van der Waals surface area contributed by atoms with E-state index in [4.69, 9.17) is 0 Å². The van der Waals surface area contributed by atoms with Crippen molar-refractivity contribution in [1.29, 1.82) is 0 Å². The van der Waals surface area contributed by atoms with Crippen LogP contribution in [0.1, 0.15) is 57.4 Å². The van der Waals surface area contributed by atoms with E-state index in [1.807, 2.05) is 12.1 Å². The highest BCUT2D eigenvalue weighted by Crippen LogP contribution is 2.23. The second-order valence-corrected chi connectivity index (χ2v) is 8.15. The lowest BCUT2D eigenvalue weighted by Crippen LogP contribution is -2.22. The summed E-state index contributed by atoms with van der Waals surface area (Å²) < 4.78 is 0. The van der Waals surface area contributed by atoms with Crippen molar-refractivity contribution >= 4 is 29.2 Å². The molecular formula is C25H23N2O4-. The normalized spacial score (nSPS) is 10.9. The number of carbonyl (C=O) groups excluding carboxylic acids is 3. The first-order valence-electron chi connectivity index (χ1n) is 9.79. The molecule has 6 nitrogen and oxygen atoms in total. The lowest BCUT2D eigenvalue weighted by Gasteiger charge is -2.19. The molecule has 2 amide bonds. The van der Waals surface area contributed by atoms with Crippen molar-refractivity contribution in [3.8, 4) is 0 Å². The summed E-state index contributed by atoms with van der Waals surface area (Å²) >= 11 is 0. The number of amides is 2. The molecule has 0 bridgehead atoms. The summed E-state index contributed by atoms with van der Waals surface area (Å²) in [5.74, 6) is -2.04. The Bertz CT molecular complexity index is 1110. The Labute approximate surface area is 180 Å². The first-order chi connectivity index (χ1) is 14.6.